The Morgan fingerprint density at radius 3 is 2.47 bits per heavy atom. The van der Waals surface area contributed by atoms with Crippen LogP contribution in [0.1, 0.15) is 43.7 Å². The number of nitriles is 1. The lowest BCUT2D eigenvalue weighted by Gasteiger charge is -2.35. The van der Waals surface area contributed by atoms with Gasteiger partial charge in [-0.25, -0.2) is 0 Å². The van der Waals surface area contributed by atoms with Gasteiger partial charge in [-0.15, -0.1) is 0 Å². The number of likely N-dealkylation sites (tertiary alicyclic amines) is 1. The zero-order valence-electron chi connectivity index (χ0n) is 12.2. The summed E-state index contributed by atoms with van der Waals surface area (Å²) in [5, 5.41) is 9.67. The summed E-state index contributed by atoms with van der Waals surface area (Å²) in [7, 11) is 0. The smallest absolute Gasteiger partial charge is 0.110 e. The van der Waals surface area contributed by atoms with Crippen molar-refractivity contribution in [2.75, 3.05) is 13.1 Å². The summed E-state index contributed by atoms with van der Waals surface area (Å²) in [5.74, 6) is 0. The minimum absolute atomic E-state index is 0.363. The third-order valence-electron chi connectivity index (χ3n) is 4.18. The van der Waals surface area contributed by atoms with Crippen molar-refractivity contribution in [2.24, 2.45) is 0 Å². The second kappa shape index (κ2) is 6.21. The van der Waals surface area contributed by atoms with E-state index < -0.39 is 0 Å². The fourth-order valence-electron chi connectivity index (χ4n) is 3.01. The molecule has 0 amide bonds. The molecule has 0 saturated carbocycles. The van der Waals surface area contributed by atoms with Crippen LogP contribution in [0.15, 0.2) is 24.3 Å². The molecular weight excluding hydrogens is 232 g/mol. The van der Waals surface area contributed by atoms with Crippen LogP contribution in [-0.2, 0) is 6.42 Å². The summed E-state index contributed by atoms with van der Waals surface area (Å²) in [6, 6.07) is 11.1. The predicted molar refractivity (Wildman–Crippen MR) is 78.9 cm³/mol. The molecule has 2 heteroatoms. The highest BCUT2D eigenvalue weighted by molar-refractivity contribution is 5.26. The van der Waals surface area contributed by atoms with E-state index in [0.29, 0.717) is 0 Å². The molecule has 1 heterocycles. The molecule has 0 radical (unpaired) electrons. The highest BCUT2D eigenvalue weighted by Crippen LogP contribution is 2.24. The van der Waals surface area contributed by atoms with Crippen LogP contribution in [0, 0.1) is 18.3 Å². The molecule has 0 aromatic heterocycles. The highest BCUT2D eigenvalue weighted by Gasteiger charge is 2.32. The van der Waals surface area contributed by atoms with Crippen LogP contribution in [0.2, 0.25) is 0 Å². The van der Waals surface area contributed by atoms with Gasteiger partial charge in [-0.3, -0.25) is 4.90 Å². The molecule has 19 heavy (non-hydrogen) atoms. The number of benzene rings is 1. The molecule has 102 valence electrons. The summed E-state index contributed by atoms with van der Waals surface area (Å²) in [5.41, 5.74) is 2.18. The summed E-state index contributed by atoms with van der Waals surface area (Å²) < 4.78 is 0. The van der Waals surface area contributed by atoms with Crippen molar-refractivity contribution in [2.45, 2.75) is 51.5 Å². The van der Waals surface area contributed by atoms with Gasteiger partial charge in [0.05, 0.1) is 6.07 Å². The van der Waals surface area contributed by atoms with Gasteiger partial charge in [0.25, 0.3) is 0 Å². The molecule has 2 nitrogen and oxygen atoms in total. The van der Waals surface area contributed by atoms with Crippen LogP contribution < -0.4 is 0 Å². The summed E-state index contributed by atoms with van der Waals surface area (Å²) in [6.45, 7) is 6.34. The van der Waals surface area contributed by atoms with E-state index in [0.717, 1.165) is 19.5 Å². The van der Waals surface area contributed by atoms with E-state index in [1.165, 1.54) is 36.8 Å². The van der Waals surface area contributed by atoms with Crippen molar-refractivity contribution < 1.29 is 0 Å². The van der Waals surface area contributed by atoms with Gasteiger partial charge in [-0.2, -0.15) is 5.26 Å². The van der Waals surface area contributed by atoms with E-state index in [2.05, 4.69) is 49.1 Å². The zero-order valence-corrected chi connectivity index (χ0v) is 12.2. The second-order valence-corrected chi connectivity index (χ2v) is 5.95. The standard InChI is InChI=1S/C17H24N2/c1-15-8-7-9-16(12-15)13-17(2,14-18)19-10-5-3-4-6-11-19/h7-9,12H,3-6,10-11,13H2,1-2H3. The Kier molecular flexibility index (Phi) is 4.61. The van der Waals surface area contributed by atoms with E-state index in [9.17, 15) is 5.26 Å². The lowest BCUT2D eigenvalue weighted by molar-refractivity contribution is 0.157. The van der Waals surface area contributed by atoms with Gasteiger partial charge in [0.2, 0.25) is 0 Å². The zero-order chi connectivity index (χ0) is 13.7. The van der Waals surface area contributed by atoms with Crippen molar-refractivity contribution in [1.82, 2.24) is 4.90 Å². The van der Waals surface area contributed by atoms with E-state index in [-0.39, 0.29) is 5.54 Å². The summed E-state index contributed by atoms with van der Waals surface area (Å²) in [4.78, 5) is 2.39. The molecule has 1 saturated heterocycles. The van der Waals surface area contributed by atoms with Gasteiger partial charge in [0.1, 0.15) is 5.54 Å². The second-order valence-electron chi connectivity index (χ2n) is 5.95. The van der Waals surface area contributed by atoms with E-state index in [1.54, 1.807) is 0 Å². The molecule has 1 aromatic rings. The van der Waals surface area contributed by atoms with Crippen molar-refractivity contribution >= 4 is 0 Å². The van der Waals surface area contributed by atoms with E-state index >= 15 is 0 Å². The Hall–Kier alpha value is -1.33. The average Bonchev–Trinajstić information content (AvgIpc) is 2.68. The normalized spacial score (nSPS) is 20.3. The molecule has 0 bridgehead atoms. The third kappa shape index (κ3) is 3.58. The van der Waals surface area contributed by atoms with Crippen molar-refractivity contribution in [3.63, 3.8) is 0 Å². The monoisotopic (exact) mass is 256 g/mol. The van der Waals surface area contributed by atoms with Crippen molar-refractivity contribution in [3.05, 3.63) is 35.4 Å². The first kappa shape index (κ1) is 14.1. The Morgan fingerprint density at radius 2 is 1.89 bits per heavy atom. The number of hydrogen-bond donors (Lipinski definition) is 0. The van der Waals surface area contributed by atoms with E-state index in [1.807, 2.05) is 0 Å². The Bertz CT molecular complexity index is 453. The summed E-state index contributed by atoms with van der Waals surface area (Å²) in [6.07, 6.45) is 5.90. The van der Waals surface area contributed by atoms with Gasteiger partial charge < -0.3 is 0 Å². The quantitative estimate of drug-likeness (QED) is 0.824. The van der Waals surface area contributed by atoms with Gasteiger partial charge in [0.15, 0.2) is 0 Å². The molecule has 0 N–H and O–H groups in total. The Balaban J connectivity index is 2.15. The molecule has 0 spiro atoms. The minimum atomic E-state index is -0.363. The Labute approximate surface area is 117 Å². The SMILES string of the molecule is Cc1cccc(CC(C)(C#N)N2CCCCCC2)c1. The fraction of sp³-hybridized carbons (Fsp3) is 0.588. The molecule has 1 unspecified atom stereocenters. The number of aryl methyl sites for hydroxylation is 1. The highest BCUT2D eigenvalue weighted by atomic mass is 15.2. The number of nitrogens with zero attached hydrogens (tertiary/aromatic N) is 2. The largest absolute Gasteiger partial charge is 0.285 e. The van der Waals surface area contributed by atoms with Crippen LogP contribution in [0.25, 0.3) is 0 Å². The number of hydrogen-bond acceptors (Lipinski definition) is 2. The van der Waals surface area contributed by atoms with Gasteiger partial charge in [0, 0.05) is 6.42 Å². The average molecular weight is 256 g/mol. The predicted octanol–water partition coefficient (Wildman–Crippen LogP) is 3.70. The van der Waals surface area contributed by atoms with Crippen molar-refractivity contribution in [1.29, 1.82) is 5.26 Å². The summed E-state index contributed by atoms with van der Waals surface area (Å²) >= 11 is 0. The third-order valence-corrected chi connectivity index (χ3v) is 4.18. The molecule has 1 aromatic carbocycles. The first-order valence-corrected chi connectivity index (χ1v) is 7.36. The molecule has 2 rings (SSSR count). The van der Waals surface area contributed by atoms with Crippen LogP contribution >= 0.6 is 0 Å². The van der Waals surface area contributed by atoms with Gasteiger partial charge >= 0.3 is 0 Å². The maximum atomic E-state index is 9.67. The molecule has 0 aliphatic carbocycles. The van der Waals surface area contributed by atoms with Crippen LogP contribution in [0.4, 0.5) is 0 Å². The van der Waals surface area contributed by atoms with Crippen LogP contribution in [0.5, 0.6) is 0 Å². The lowest BCUT2D eigenvalue weighted by Crippen LogP contribution is -2.47. The lowest BCUT2D eigenvalue weighted by atomic mass is 9.91. The fourth-order valence-corrected chi connectivity index (χ4v) is 3.01. The maximum Gasteiger partial charge on any atom is 0.110 e. The van der Waals surface area contributed by atoms with Crippen LogP contribution in [-0.4, -0.2) is 23.5 Å². The Morgan fingerprint density at radius 1 is 1.21 bits per heavy atom. The van der Waals surface area contributed by atoms with Crippen LogP contribution in [0.3, 0.4) is 0 Å². The maximum absolute atomic E-state index is 9.67. The van der Waals surface area contributed by atoms with E-state index in [4.69, 9.17) is 0 Å². The molecule has 1 atom stereocenters. The molecule has 1 aliphatic heterocycles. The first-order chi connectivity index (χ1) is 9.14. The van der Waals surface area contributed by atoms with Gasteiger partial charge in [-0.1, -0.05) is 42.7 Å². The minimum Gasteiger partial charge on any atom is -0.285 e. The molecule has 1 fully saturated rings. The molecule has 1 aliphatic rings. The first-order valence-electron chi connectivity index (χ1n) is 7.36. The topological polar surface area (TPSA) is 27.0 Å². The van der Waals surface area contributed by atoms with Gasteiger partial charge in [-0.05, 0) is 45.3 Å². The molecular formula is C17H24N2. The van der Waals surface area contributed by atoms with Crippen molar-refractivity contribution in [3.8, 4) is 6.07 Å². The number of rotatable bonds is 3.